The molecular formula is C21H24N4O3S. The molecule has 29 heavy (non-hydrogen) atoms. The van der Waals surface area contributed by atoms with Crippen LogP contribution in [-0.2, 0) is 17.8 Å². The van der Waals surface area contributed by atoms with Gasteiger partial charge in [0.1, 0.15) is 17.3 Å². The Labute approximate surface area is 173 Å². The largest absolute Gasteiger partial charge is 0.497 e. The number of anilines is 1. The van der Waals surface area contributed by atoms with Crippen molar-refractivity contribution in [3.8, 4) is 5.75 Å². The van der Waals surface area contributed by atoms with E-state index in [4.69, 9.17) is 14.1 Å². The van der Waals surface area contributed by atoms with Gasteiger partial charge in [0.15, 0.2) is 0 Å². The zero-order valence-electron chi connectivity index (χ0n) is 16.3. The first-order valence-corrected chi connectivity index (χ1v) is 10.5. The molecule has 1 fully saturated rings. The molecule has 1 aliphatic heterocycles. The van der Waals surface area contributed by atoms with E-state index >= 15 is 0 Å². The van der Waals surface area contributed by atoms with E-state index in [-0.39, 0.29) is 11.8 Å². The Bertz CT molecular complexity index is 941. The molecule has 1 aliphatic rings. The van der Waals surface area contributed by atoms with Crippen LogP contribution in [0.2, 0.25) is 0 Å². The number of benzene rings is 1. The van der Waals surface area contributed by atoms with Gasteiger partial charge in [-0.25, -0.2) is 4.98 Å². The quantitative estimate of drug-likeness (QED) is 0.642. The highest BCUT2D eigenvalue weighted by molar-refractivity contribution is 7.09. The van der Waals surface area contributed by atoms with E-state index in [2.05, 4.69) is 14.6 Å². The predicted molar refractivity (Wildman–Crippen MR) is 111 cm³/mol. The first-order valence-electron chi connectivity index (χ1n) is 9.72. The maximum Gasteiger partial charge on any atom is 0.225 e. The van der Waals surface area contributed by atoms with Crippen LogP contribution in [0.4, 0.5) is 5.13 Å². The number of hydrogen-bond donors (Lipinski definition) is 1. The molecule has 7 nitrogen and oxygen atoms in total. The molecule has 1 aromatic carbocycles. The average molecular weight is 413 g/mol. The number of aromatic nitrogens is 2. The third kappa shape index (κ3) is 4.95. The van der Waals surface area contributed by atoms with Gasteiger partial charge in [0.05, 0.1) is 25.8 Å². The van der Waals surface area contributed by atoms with Crippen molar-refractivity contribution in [1.82, 2.24) is 14.7 Å². The third-order valence-corrected chi connectivity index (χ3v) is 5.85. The lowest BCUT2D eigenvalue weighted by Gasteiger charge is -2.31. The normalized spacial score (nSPS) is 16.6. The van der Waals surface area contributed by atoms with Gasteiger partial charge in [0, 0.05) is 31.0 Å². The molecule has 2 aromatic heterocycles. The summed E-state index contributed by atoms with van der Waals surface area (Å²) in [5.41, 5.74) is 1.11. The number of furan rings is 1. The number of nitrogens with zero attached hydrogens (tertiary/aromatic N) is 3. The van der Waals surface area contributed by atoms with Crippen LogP contribution in [0, 0.1) is 5.92 Å². The number of carbonyl (C=O) groups is 1. The van der Waals surface area contributed by atoms with Gasteiger partial charge < -0.3 is 19.4 Å². The molecule has 1 N–H and O–H groups in total. The molecule has 0 radical (unpaired) electrons. The Morgan fingerprint density at radius 3 is 3.14 bits per heavy atom. The fourth-order valence-electron chi connectivity index (χ4n) is 3.51. The first-order chi connectivity index (χ1) is 14.2. The standard InChI is InChI=1S/C21H24N4O3S/c1-27-17-7-2-5-15(11-17)12-19-23-21(29-24-19)25-9-3-6-16(14-25)20(26)22-13-18-8-4-10-28-18/h2,4-5,7-8,10-11,16H,3,6,9,12-14H2,1H3,(H,22,26). The summed E-state index contributed by atoms with van der Waals surface area (Å²) in [7, 11) is 1.66. The van der Waals surface area contributed by atoms with Gasteiger partial charge in [-0.05, 0) is 42.7 Å². The Morgan fingerprint density at radius 2 is 2.31 bits per heavy atom. The molecule has 4 rings (SSSR count). The number of nitrogens with one attached hydrogen (secondary N) is 1. The molecule has 1 amide bonds. The summed E-state index contributed by atoms with van der Waals surface area (Å²) < 4.78 is 15.1. The molecule has 0 bridgehead atoms. The Hall–Kier alpha value is -2.87. The fourth-order valence-corrected chi connectivity index (χ4v) is 4.23. The Balaban J connectivity index is 1.35. The highest BCUT2D eigenvalue weighted by atomic mass is 32.1. The number of methoxy groups -OCH3 is 1. The Kier molecular flexibility index (Phi) is 6.09. The van der Waals surface area contributed by atoms with Gasteiger partial charge in [-0.1, -0.05) is 12.1 Å². The van der Waals surface area contributed by atoms with Crippen LogP contribution >= 0.6 is 11.5 Å². The fraction of sp³-hybridized carbons (Fsp3) is 0.381. The maximum atomic E-state index is 12.6. The highest BCUT2D eigenvalue weighted by Gasteiger charge is 2.27. The minimum absolute atomic E-state index is 0.0514. The van der Waals surface area contributed by atoms with Crippen molar-refractivity contribution >= 4 is 22.6 Å². The van der Waals surface area contributed by atoms with Gasteiger partial charge in [0.25, 0.3) is 0 Å². The zero-order chi connectivity index (χ0) is 20.1. The number of carbonyl (C=O) groups excluding carboxylic acids is 1. The molecule has 1 unspecified atom stereocenters. The van der Waals surface area contributed by atoms with E-state index in [1.807, 2.05) is 36.4 Å². The molecular weight excluding hydrogens is 388 g/mol. The van der Waals surface area contributed by atoms with Crippen molar-refractivity contribution in [2.24, 2.45) is 5.92 Å². The lowest BCUT2D eigenvalue weighted by atomic mass is 9.97. The molecule has 3 aromatic rings. The van der Waals surface area contributed by atoms with Crippen LogP contribution in [0.3, 0.4) is 0 Å². The van der Waals surface area contributed by atoms with Crippen molar-refractivity contribution in [3.05, 3.63) is 59.8 Å². The van der Waals surface area contributed by atoms with Crippen LogP contribution in [0.15, 0.2) is 47.1 Å². The molecule has 0 spiro atoms. The zero-order valence-corrected chi connectivity index (χ0v) is 17.2. The second kappa shape index (κ2) is 9.09. The van der Waals surface area contributed by atoms with Crippen LogP contribution in [0.25, 0.3) is 0 Å². The molecule has 152 valence electrons. The van der Waals surface area contributed by atoms with Crippen LogP contribution < -0.4 is 15.0 Å². The summed E-state index contributed by atoms with van der Waals surface area (Å²) in [6, 6.07) is 11.6. The van der Waals surface area contributed by atoms with Crippen LogP contribution in [-0.4, -0.2) is 35.5 Å². The average Bonchev–Trinajstić information content (AvgIpc) is 3.44. The second-order valence-corrected chi connectivity index (χ2v) is 7.83. The molecule has 1 atom stereocenters. The highest BCUT2D eigenvalue weighted by Crippen LogP contribution is 2.26. The SMILES string of the molecule is COc1cccc(Cc2nsc(N3CCCC(C(=O)NCc4ccco4)C3)n2)c1. The summed E-state index contributed by atoms with van der Waals surface area (Å²) in [6.45, 7) is 1.99. The van der Waals surface area contributed by atoms with Crippen LogP contribution in [0.1, 0.15) is 30.0 Å². The maximum absolute atomic E-state index is 12.6. The summed E-state index contributed by atoms with van der Waals surface area (Å²) in [4.78, 5) is 19.4. The molecule has 3 heterocycles. The Morgan fingerprint density at radius 1 is 1.38 bits per heavy atom. The van der Waals surface area contributed by atoms with Crippen molar-refractivity contribution in [3.63, 3.8) is 0 Å². The van der Waals surface area contributed by atoms with Gasteiger partial charge in [-0.2, -0.15) is 4.37 Å². The number of ether oxygens (including phenoxy) is 1. The number of hydrogen-bond acceptors (Lipinski definition) is 7. The summed E-state index contributed by atoms with van der Waals surface area (Å²) in [5.74, 6) is 2.40. The smallest absolute Gasteiger partial charge is 0.225 e. The van der Waals surface area contributed by atoms with E-state index in [1.54, 1.807) is 13.4 Å². The number of rotatable bonds is 7. The summed E-state index contributed by atoms with van der Waals surface area (Å²) in [5, 5.41) is 3.85. The molecule has 0 saturated carbocycles. The van der Waals surface area contributed by atoms with E-state index < -0.39 is 0 Å². The minimum atomic E-state index is -0.0514. The lowest BCUT2D eigenvalue weighted by Crippen LogP contribution is -2.42. The third-order valence-electron chi connectivity index (χ3n) is 5.03. The lowest BCUT2D eigenvalue weighted by molar-refractivity contribution is -0.125. The van der Waals surface area contributed by atoms with E-state index in [0.29, 0.717) is 19.5 Å². The molecule has 0 aliphatic carbocycles. The minimum Gasteiger partial charge on any atom is -0.497 e. The van der Waals surface area contributed by atoms with Gasteiger partial charge in [-0.15, -0.1) is 0 Å². The number of piperidine rings is 1. The van der Waals surface area contributed by atoms with Crippen molar-refractivity contribution in [2.75, 3.05) is 25.1 Å². The summed E-state index contributed by atoms with van der Waals surface area (Å²) in [6.07, 6.45) is 4.12. The van der Waals surface area contributed by atoms with Gasteiger partial charge in [0.2, 0.25) is 11.0 Å². The topological polar surface area (TPSA) is 80.5 Å². The molecule has 1 saturated heterocycles. The van der Waals surface area contributed by atoms with Gasteiger partial charge >= 0.3 is 0 Å². The summed E-state index contributed by atoms with van der Waals surface area (Å²) >= 11 is 1.40. The van der Waals surface area contributed by atoms with Crippen molar-refractivity contribution in [2.45, 2.75) is 25.8 Å². The first kappa shape index (κ1) is 19.4. The second-order valence-electron chi connectivity index (χ2n) is 7.10. The van der Waals surface area contributed by atoms with E-state index in [1.165, 1.54) is 11.5 Å². The van der Waals surface area contributed by atoms with Gasteiger partial charge in [-0.3, -0.25) is 4.79 Å². The van der Waals surface area contributed by atoms with Crippen LogP contribution in [0.5, 0.6) is 5.75 Å². The van der Waals surface area contributed by atoms with E-state index in [0.717, 1.165) is 47.4 Å². The van der Waals surface area contributed by atoms with Crippen molar-refractivity contribution in [1.29, 1.82) is 0 Å². The number of amides is 1. The van der Waals surface area contributed by atoms with E-state index in [9.17, 15) is 4.79 Å². The van der Waals surface area contributed by atoms with Crippen molar-refractivity contribution < 1.29 is 13.9 Å². The predicted octanol–water partition coefficient (Wildman–Crippen LogP) is 3.26. The monoisotopic (exact) mass is 412 g/mol. The molecule has 8 heteroatoms.